The van der Waals surface area contributed by atoms with Gasteiger partial charge in [-0.1, -0.05) is 12.1 Å². The van der Waals surface area contributed by atoms with Crippen LogP contribution in [0, 0.1) is 13.8 Å². The molecule has 0 radical (unpaired) electrons. The number of anilines is 2. The fraction of sp³-hybridized carbons (Fsp3) is 0.357. The number of alkyl halides is 3. The Labute approximate surface area is 231 Å². The van der Waals surface area contributed by atoms with Crippen molar-refractivity contribution in [2.45, 2.75) is 26.6 Å². The number of aromatic nitrogens is 2. The van der Waals surface area contributed by atoms with Crippen molar-refractivity contribution in [2.24, 2.45) is 7.05 Å². The van der Waals surface area contributed by atoms with E-state index in [1.165, 1.54) is 12.1 Å². The number of amides is 1. The number of carbonyl (C=O) groups is 1. The SMILES string of the molecule is Cc1ccc(C(=O)Nc2ccc(CN3CCN(C)CC3)c(C(F)(F)F)c2)cc1N1C=C(c2cnn(C)c2C)NN1. The molecule has 0 aliphatic carbocycles. The first-order chi connectivity index (χ1) is 19.0. The van der Waals surface area contributed by atoms with Gasteiger partial charge in [0.2, 0.25) is 0 Å². The van der Waals surface area contributed by atoms with E-state index in [9.17, 15) is 18.0 Å². The molecule has 5 rings (SSSR count). The molecule has 0 atom stereocenters. The van der Waals surface area contributed by atoms with Crippen LogP contribution in [0.15, 0.2) is 48.8 Å². The Kier molecular flexibility index (Phi) is 7.58. The van der Waals surface area contributed by atoms with Gasteiger partial charge in [-0.15, -0.1) is 5.53 Å². The number of nitrogens with one attached hydrogen (secondary N) is 3. The zero-order chi connectivity index (χ0) is 28.6. The van der Waals surface area contributed by atoms with Crippen LogP contribution in [0.5, 0.6) is 0 Å². The second-order valence-electron chi connectivity index (χ2n) is 10.3. The summed E-state index contributed by atoms with van der Waals surface area (Å²) in [6.45, 7) is 7.14. The van der Waals surface area contributed by atoms with E-state index in [1.54, 1.807) is 34.1 Å². The van der Waals surface area contributed by atoms with Crippen LogP contribution in [-0.2, 0) is 19.8 Å². The lowest BCUT2D eigenvalue weighted by atomic mass is 10.0. The van der Waals surface area contributed by atoms with Crippen molar-refractivity contribution >= 4 is 23.0 Å². The molecular formula is C28H33F3N8O. The largest absolute Gasteiger partial charge is 0.416 e. The molecule has 2 aliphatic heterocycles. The zero-order valence-corrected chi connectivity index (χ0v) is 22.9. The number of likely N-dealkylation sites (N-methyl/N-ethyl adjacent to an activating group) is 1. The third-order valence-corrected chi connectivity index (χ3v) is 7.49. The van der Waals surface area contributed by atoms with Crippen molar-refractivity contribution in [3.63, 3.8) is 0 Å². The van der Waals surface area contributed by atoms with Crippen LogP contribution >= 0.6 is 0 Å². The highest BCUT2D eigenvalue weighted by Gasteiger charge is 2.34. The van der Waals surface area contributed by atoms with Crippen LogP contribution in [0.4, 0.5) is 24.5 Å². The van der Waals surface area contributed by atoms with E-state index in [0.717, 1.165) is 47.4 Å². The van der Waals surface area contributed by atoms with E-state index in [4.69, 9.17) is 0 Å². The summed E-state index contributed by atoms with van der Waals surface area (Å²) in [7, 11) is 3.87. The van der Waals surface area contributed by atoms with E-state index in [0.29, 0.717) is 18.7 Å². The minimum atomic E-state index is -4.54. The highest BCUT2D eigenvalue weighted by atomic mass is 19.4. The molecule has 0 saturated carbocycles. The van der Waals surface area contributed by atoms with E-state index >= 15 is 0 Å². The number of halogens is 3. The zero-order valence-electron chi connectivity index (χ0n) is 22.9. The lowest BCUT2D eigenvalue weighted by molar-refractivity contribution is -0.138. The van der Waals surface area contributed by atoms with Crippen LogP contribution in [0.3, 0.4) is 0 Å². The predicted octanol–water partition coefficient (Wildman–Crippen LogP) is 3.88. The maximum Gasteiger partial charge on any atom is 0.416 e. The van der Waals surface area contributed by atoms with E-state index in [1.807, 2.05) is 39.0 Å². The molecule has 1 fully saturated rings. The molecule has 1 aromatic heterocycles. The third-order valence-electron chi connectivity index (χ3n) is 7.49. The molecule has 2 aliphatic rings. The van der Waals surface area contributed by atoms with Crippen LogP contribution < -0.4 is 21.3 Å². The van der Waals surface area contributed by atoms with Gasteiger partial charge in [-0.2, -0.15) is 18.3 Å². The Morgan fingerprint density at radius 2 is 1.80 bits per heavy atom. The smallest absolute Gasteiger partial charge is 0.322 e. The van der Waals surface area contributed by atoms with Gasteiger partial charge in [-0.25, -0.2) is 0 Å². The normalized spacial score (nSPS) is 16.7. The molecule has 212 valence electrons. The average Bonchev–Trinajstić information content (AvgIpc) is 3.52. The summed E-state index contributed by atoms with van der Waals surface area (Å²) in [6.07, 6.45) is -0.908. The van der Waals surface area contributed by atoms with Crippen molar-refractivity contribution in [1.29, 1.82) is 0 Å². The van der Waals surface area contributed by atoms with Crippen molar-refractivity contribution in [3.05, 3.63) is 82.3 Å². The Morgan fingerprint density at radius 3 is 2.48 bits per heavy atom. The van der Waals surface area contributed by atoms with E-state index < -0.39 is 17.6 Å². The van der Waals surface area contributed by atoms with Gasteiger partial charge in [0.1, 0.15) is 0 Å². The fourth-order valence-electron chi connectivity index (χ4n) is 4.86. The average molecular weight is 555 g/mol. The third kappa shape index (κ3) is 5.83. The van der Waals surface area contributed by atoms with Crippen LogP contribution in [-0.4, -0.2) is 58.7 Å². The molecule has 1 saturated heterocycles. The predicted molar refractivity (Wildman–Crippen MR) is 148 cm³/mol. The number of nitrogens with zero attached hydrogens (tertiary/aromatic N) is 5. The highest BCUT2D eigenvalue weighted by molar-refractivity contribution is 6.05. The first kappa shape index (κ1) is 27.7. The lowest BCUT2D eigenvalue weighted by Gasteiger charge is -2.33. The Bertz CT molecular complexity index is 1440. The summed E-state index contributed by atoms with van der Waals surface area (Å²) in [5, 5.41) is 8.68. The summed E-state index contributed by atoms with van der Waals surface area (Å²) in [4.78, 5) is 17.3. The Morgan fingerprint density at radius 1 is 1.05 bits per heavy atom. The number of hydrazine groups is 2. The fourth-order valence-corrected chi connectivity index (χ4v) is 4.86. The first-order valence-corrected chi connectivity index (χ1v) is 13.0. The summed E-state index contributed by atoms with van der Waals surface area (Å²) in [6, 6.07) is 9.17. The molecule has 3 heterocycles. The summed E-state index contributed by atoms with van der Waals surface area (Å²) < 4.78 is 43.7. The molecule has 1 amide bonds. The highest BCUT2D eigenvalue weighted by Crippen LogP contribution is 2.35. The van der Waals surface area contributed by atoms with Crippen molar-refractivity contribution in [2.75, 3.05) is 43.6 Å². The summed E-state index contributed by atoms with van der Waals surface area (Å²) in [5.74, 6) is -0.499. The monoisotopic (exact) mass is 554 g/mol. The number of hydrogen-bond acceptors (Lipinski definition) is 7. The molecule has 2 aromatic carbocycles. The first-order valence-electron chi connectivity index (χ1n) is 13.0. The van der Waals surface area contributed by atoms with Crippen LogP contribution in [0.25, 0.3) is 5.70 Å². The molecule has 12 heteroatoms. The summed E-state index contributed by atoms with van der Waals surface area (Å²) in [5.41, 5.74) is 10.4. The number of hydrogen-bond donors (Lipinski definition) is 3. The van der Waals surface area contributed by atoms with E-state index in [2.05, 4.69) is 26.3 Å². The minimum Gasteiger partial charge on any atom is -0.322 e. The molecule has 9 nitrogen and oxygen atoms in total. The number of piperazine rings is 1. The molecule has 40 heavy (non-hydrogen) atoms. The topological polar surface area (TPSA) is 80.7 Å². The second kappa shape index (κ2) is 11.0. The van der Waals surface area contributed by atoms with Gasteiger partial charge in [0.05, 0.1) is 23.1 Å². The molecule has 0 unspecified atom stereocenters. The number of benzene rings is 2. The van der Waals surface area contributed by atoms with Crippen LogP contribution in [0.1, 0.15) is 38.3 Å². The molecule has 0 spiro atoms. The number of aryl methyl sites for hydroxylation is 2. The number of rotatable bonds is 6. The molecule has 3 N–H and O–H groups in total. The van der Waals surface area contributed by atoms with Gasteiger partial charge < -0.3 is 15.6 Å². The molecular weight excluding hydrogens is 521 g/mol. The quantitative estimate of drug-likeness (QED) is 0.427. The Balaban J connectivity index is 1.34. The van der Waals surface area contributed by atoms with Crippen molar-refractivity contribution in [1.82, 2.24) is 30.5 Å². The Hall–Kier alpha value is -3.87. The standard InChI is InChI=1S/C28H33F3N8O/c1-18-5-6-20(13-26(18)39-17-25(34-35-39)23-15-32-37(4)19(23)2)27(40)33-22-8-7-21(24(14-22)28(29,30)31)16-38-11-9-36(3)10-12-38/h5-8,13-15,17,34-35H,9-12,16H2,1-4H3,(H,33,40). The maximum absolute atomic E-state index is 14.0. The molecule has 3 aromatic rings. The van der Waals surface area contributed by atoms with Gasteiger partial charge >= 0.3 is 6.18 Å². The molecule has 0 bridgehead atoms. The van der Waals surface area contributed by atoms with Gasteiger partial charge in [0, 0.05) is 68.5 Å². The van der Waals surface area contributed by atoms with Gasteiger partial charge in [-0.3, -0.25) is 19.4 Å². The van der Waals surface area contributed by atoms with Gasteiger partial charge in [0.25, 0.3) is 5.91 Å². The minimum absolute atomic E-state index is 0.0942. The lowest BCUT2D eigenvalue weighted by Crippen LogP contribution is -2.44. The van der Waals surface area contributed by atoms with Gasteiger partial charge in [-0.05, 0) is 56.3 Å². The second-order valence-corrected chi connectivity index (χ2v) is 10.3. The maximum atomic E-state index is 14.0. The van der Waals surface area contributed by atoms with Gasteiger partial charge in [0.15, 0.2) is 0 Å². The van der Waals surface area contributed by atoms with E-state index in [-0.39, 0.29) is 17.8 Å². The number of carbonyl (C=O) groups excluding carboxylic acids is 1. The van der Waals surface area contributed by atoms with Crippen LogP contribution in [0.2, 0.25) is 0 Å². The van der Waals surface area contributed by atoms with Crippen molar-refractivity contribution < 1.29 is 18.0 Å². The van der Waals surface area contributed by atoms with Crippen molar-refractivity contribution in [3.8, 4) is 0 Å². The summed E-state index contributed by atoms with van der Waals surface area (Å²) >= 11 is 0.